The fourth-order valence-electron chi connectivity index (χ4n) is 2.62. The summed E-state index contributed by atoms with van der Waals surface area (Å²) in [4.78, 5) is 7.13. The highest BCUT2D eigenvalue weighted by Gasteiger charge is 2.29. The summed E-state index contributed by atoms with van der Waals surface area (Å²) in [6.45, 7) is 10.0. The summed E-state index contributed by atoms with van der Waals surface area (Å²) < 4.78 is 0. The molecule has 1 heterocycles. The van der Waals surface area contributed by atoms with E-state index in [9.17, 15) is 0 Å². The van der Waals surface area contributed by atoms with Gasteiger partial charge in [-0.2, -0.15) is 0 Å². The monoisotopic (exact) mass is 277 g/mol. The lowest BCUT2D eigenvalue weighted by Gasteiger charge is -2.39. The Morgan fingerprint density at radius 3 is 2.45 bits per heavy atom. The zero-order valence-electron chi connectivity index (χ0n) is 13.5. The number of aromatic nitrogens is 1. The van der Waals surface area contributed by atoms with Gasteiger partial charge in [-0.1, -0.05) is 33.3 Å². The smallest absolute Gasteiger partial charge is 0.0675 e. The van der Waals surface area contributed by atoms with Gasteiger partial charge in [-0.05, 0) is 44.9 Å². The van der Waals surface area contributed by atoms with Gasteiger partial charge in [0.05, 0.1) is 11.7 Å². The molecule has 0 radical (unpaired) electrons. The zero-order valence-corrected chi connectivity index (χ0v) is 13.5. The highest BCUT2D eigenvalue weighted by atomic mass is 15.2. The van der Waals surface area contributed by atoms with Crippen molar-refractivity contribution in [3.63, 3.8) is 0 Å². The molecule has 2 N–H and O–H groups in total. The lowest BCUT2D eigenvalue weighted by molar-refractivity contribution is 0.113. The van der Waals surface area contributed by atoms with E-state index in [4.69, 9.17) is 5.73 Å². The Balaban J connectivity index is 3.04. The molecule has 0 bridgehead atoms. The summed E-state index contributed by atoms with van der Waals surface area (Å²) >= 11 is 0. The van der Waals surface area contributed by atoms with Crippen LogP contribution in [0.15, 0.2) is 24.4 Å². The number of hydrogen-bond donors (Lipinski definition) is 1. The average molecular weight is 277 g/mol. The molecule has 0 saturated carbocycles. The van der Waals surface area contributed by atoms with E-state index in [1.165, 1.54) is 12.8 Å². The van der Waals surface area contributed by atoms with Crippen LogP contribution in [-0.4, -0.2) is 28.5 Å². The Labute approximate surface area is 124 Å². The van der Waals surface area contributed by atoms with Crippen LogP contribution in [0.1, 0.15) is 65.1 Å². The van der Waals surface area contributed by atoms with E-state index in [0.717, 1.165) is 25.1 Å². The summed E-state index contributed by atoms with van der Waals surface area (Å²) in [5.41, 5.74) is 7.54. The minimum absolute atomic E-state index is 0.135. The van der Waals surface area contributed by atoms with Crippen molar-refractivity contribution in [2.24, 2.45) is 5.73 Å². The van der Waals surface area contributed by atoms with E-state index in [1.54, 1.807) is 0 Å². The third-order valence-corrected chi connectivity index (χ3v) is 4.15. The van der Waals surface area contributed by atoms with Gasteiger partial charge in [0.25, 0.3) is 0 Å². The van der Waals surface area contributed by atoms with Crippen LogP contribution in [0.25, 0.3) is 0 Å². The Morgan fingerprint density at radius 2 is 1.95 bits per heavy atom. The molecule has 0 aliphatic rings. The molecule has 114 valence electrons. The van der Waals surface area contributed by atoms with Gasteiger partial charge >= 0.3 is 0 Å². The van der Waals surface area contributed by atoms with Crippen LogP contribution < -0.4 is 5.73 Å². The molecule has 3 nitrogen and oxygen atoms in total. The Kier molecular flexibility index (Phi) is 7.78. The molecule has 0 spiro atoms. The van der Waals surface area contributed by atoms with Crippen molar-refractivity contribution in [3.05, 3.63) is 30.1 Å². The van der Waals surface area contributed by atoms with Gasteiger partial charge in [-0.15, -0.1) is 0 Å². The number of nitrogens with two attached hydrogens (primary N) is 1. The van der Waals surface area contributed by atoms with E-state index in [-0.39, 0.29) is 12.1 Å². The van der Waals surface area contributed by atoms with E-state index in [2.05, 4.69) is 49.7 Å². The molecule has 1 aromatic rings. The lowest BCUT2D eigenvalue weighted by atomic mass is 9.97. The highest BCUT2D eigenvalue weighted by molar-refractivity contribution is 5.12. The summed E-state index contributed by atoms with van der Waals surface area (Å²) in [7, 11) is 0. The second-order valence-electron chi connectivity index (χ2n) is 5.62. The molecular weight excluding hydrogens is 246 g/mol. The molecule has 3 unspecified atom stereocenters. The first kappa shape index (κ1) is 17.1. The Hall–Kier alpha value is -0.930. The molecule has 0 aromatic carbocycles. The maximum atomic E-state index is 6.43. The van der Waals surface area contributed by atoms with Gasteiger partial charge in [0.1, 0.15) is 0 Å². The third kappa shape index (κ3) is 4.57. The van der Waals surface area contributed by atoms with Crippen LogP contribution in [0.5, 0.6) is 0 Å². The number of pyridine rings is 1. The quantitative estimate of drug-likeness (QED) is 0.747. The van der Waals surface area contributed by atoms with Crippen LogP contribution in [0, 0.1) is 0 Å². The summed E-state index contributed by atoms with van der Waals surface area (Å²) in [6, 6.07) is 7.04. The maximum absolute atomic E-state index is 6.43. The van der Waals surface area contributed by atoms with E-state index >= 15 is 0 Å². The van der Waals surface area contributed by atoms with Gasteiger partial charge in [-0.3, -0.25) is 9.88 Å². The van der Waals surface area contributed by atoms with Crippen molar-refractivity contribution < 1.29 is 0 Å². The SMILES string of the molecule is CCCCN(C(C)CC)C(c1ccccn1)C(N)CC. The fraction of sp³-hybridized carbons (Fsp3) is 0.706. The normalized spacial score (nSPS) is 16.1. The Morgan fingerprint density at radius 1 is 1.20 bits per heavy atom. The molecular formula is C17H31N3. The standard InChI is InChI=1S/C17H31N3/c1-5-8-13-20(14(4)6-2)17(15(18)7-3)16-11-9-10-12-19-16/h9-12,14-15,17H,5-8,13,18H2,1-4H3. The second kappa shape index (κ2) is 9.09. The number of hydrogen-bond acceptors (Lipinski definition) is 3. The molecule has 0 amide bonds. The average Bonchev–Trinajstić information content (AvgIpc) is 2.50. The summed E-state index contributed by atoms with van der Waals surface area (Å²) in [5, 5.41) is 0. The van der Waals surface area contributed by atoms with Gasteiger partial charge < -0.3 is 5.73 Å². The largest absolute Gasteiger partial charge is 0.326 e. The summed E-state index contributed by atoms with van der Waals surface area (Å²) in [5.74, 6) is 0. The minimum Gasteiger partial charge on any atom is -0.326 e. The van der Waals surface area contributed by atoms with Gasteiger partial charge in [0.2, 0.25) is 0 Å². The van der Waals surface area contributed by atoms with Crippen molar-refractivity contribution >= 4 is 0 Å². The van der Waals surface area contributed by atoms with Crippen LogP contribution in [0.2, 0.25) is 0 Å². The predicted molar refractivity (Wildman–Crippen MR) is 86.6 cm³/mol. The van der Waals surface area contributed by atoms with E-state index in [1.807, 2.05) is 12.3 Å². The molecule has 20 heavy (non-hydrogen) atoms. The van der Waals surface area contributed by atoms with Crippen molar-refractivity contribution in [1.29, 1.82) is 0 Å². The van der Waals surface area contributed by atoms with Gasteiger partial charge in [0.15, 0.2) is 0 Å². The minimum atomic E-state index is 0.135. The summed E-state index contributed by atoms with van der Waals surface area (Å²) in [6.07, 6.45) is 6.41. The highest BCUT2D eigenvalue weighted by Crippen LogP contribution is 2.27. The first-order chi connectivity index (χ1) is 9.65. The third-order valence-electron chi connectivity index (χ3n) is 4.15. The molecule has 3 atom stereocenters. The number of unbranched alkanes of at least 4 members (excludes halogenated alkanes) is 1. The fourth-order valence-corrected chi connectivity index (χ4v) is 2.62. The van der Waals surface area contributed by atoms with E-state index in [0.29, 0.717) is 6.04 Å². The van der Waals surface area contributed by atoms with Crippen LogP contribution in [0.4, 0.5) is 0 Å². The molecule has 1 rings (SSSR count). The topological polar surface area (TPSA) is 42.2 Å². The lowest BCUT2D eigenvalue weighted by Crippen LogP contribution is -2.45. The van der Waals surface area contributed by atoms with Crippen molar-refractivity contribution in [3.8, 4) is 0 Å². The molecule has 0 aliphatic heterocycles. The first-order valence-corrected chi connectivity index (χ1v) is 8.07. The predicted octanol–water partition coefficient (Wildman–Crippen LogP) is 3.76. The van der Waals surface area contributed by atoms with Crippen molar-refractivity contribution in [2.45, 2.75) is 71.5 Å². The molecule has 0 aliphatic carbocycles. The van der Waals surface area contributed by atoms with E-state index < -0.39 is 0 Å². The molecule has 3 heteroatoms. The van der Waals surface area contributed by atoms with Gasteiger partial charge in [-0.25, -0.2) is 0 Å². The molecule has 0 fully saturated rings. The Bertz CT molecular complexity index is 353. The van der Waals surface area contributed by atoms with Gasteiger partial charge in [0, 0.05) is 18.3 Å². The maximum Gasteiger partial charge on any atom is 0.0675 e. The van der Waals surface area contributed by atoms with Crippen LogP contribution in [0.3, 0.4) is 0 Å². The van der Waals surface area contributed by atoms with Crippen molar-refractivity contribution in [2.75, 3.05) is 6.54 Å². The van der Waals surface area contributed by atoms with Crippen LogP contribution in [-0.2, 0) is 0 Å². The molecule has 1 aromatic heterocycles. The second-order valence-corrected chi connectivity index (χ2v) is 5.62. The number of rotatable bonds is 9. The van der Waals surface area contributed by atoms with Crippen molar-refractivity contribution in [1.82, 2.24) is 9.88 Å². The number of nitrogens with zero attached hydrogens (tertiary/aromatic N) is 2. The zero-order chi connectivity index (χ0) is 15.0. The first-order valence-electron chi connectivity index (χ1n) is 8.07. The molecule has 0 saturated heterocycles. The van der Waals surface area contributed by atoms with Crippen LogP contribution >= 0.6 is 0 Å².